The Labute approximate surface area is 98.4 Å². The molecule has 16 heavy (non-hydrogen) atoms. The average Bonchev–Trinajstić information content (AvgIpc) is 2.25. The Morgan fingerprint density at radius 3 is 2.62 bits per heavy atom. The molecule has 0 bridgehead atoms. The molecule has 1 aromatic carbocycles. The van der Waals surface area contributed by atoms with E-state index < -0.39 is 0 Å². The van der Waals surface area contributed by atoms with Gasteiger partial charge in [0.05, 0.1) is 7.11 Å². The van der Waals surface area contributed by atoms with E-state index in [2.05, 4.69) is 43.4 Å². The standard InChI is InChI=1S/C13H22N2O/c1-5-14-9-12-8-11(10-15(2)3)6-7-13(12)16-4/h6-8,14H,5,9-10H2,1-4H3. The summed E-state index contributed by atoms with van der Waals surface area (Å²) in [5, 5.41) is 3.33. The number of nitrogens with one attached hydrogen (secondary N) is 1. The molecule has 1 aromatic rings. The van der Waals surface area contributed by atoms with E-state index in [9.17, 15) is 0 Å². The third-order valence-corrected chi connectivity index (χ3v) is 2.41. The van der Waals surface area contributed by atoms with Crippen molar-refractivity contribution in [2.24, 2.45) is 0 Å². The van der Waals surface area contributed by atoms with E-state index in [1.54, 1.807) is 7.11 Å². The first-order valence-electron chi connectivity index (χ1n) is 5.68. The Balaban J connectivity index is 2.83. The third-order valence-electron chi connectivity index (χ3n) is 2.41. The molecular formula is C13H22N2O. The van der Waals surface area contributed by atoms with Gasteiger partial charge >= 0.3 is 0 Å². The monoisotopic (exact) mass is 222 g/mol. The lowest BCUT2D eigenvalue weighted by Crippen LogP contribution is -2.14. The summed E-state index contributed by atoms with van der Waals surface area (Å²) in [6, 6.07) is 6.38. The van der Waals surface area contributed by atoms with Crippen LogP contribution in [0.4, 0.5) is 0 Å². The molecule has 0 amide bonds. The van der Waals surface area contributed by atoms with Gasteiger partial charge in [0.1, 0.15) is 5.75 Å². The summed E-state index contributed by atoms with van der Waals surface area (Å²) in [4.78, 5) is 2.17. The second-order valence-electron chi connectivity index (χ2n) is 4.16. The van der Waals surface area contributed by atoms with E-state index in [1.165, 1.54) is 11.1 Å². The fourth-order valence-electron chi connectivity index (χ4n) is 1.69. The van der Waals surface area contributed by atoms with Gasteiger partial charge in [-0.3, -0.25) is 0 Å². The van der Waals surface area contributed by atoms with Gasteiger partial charge < -0.3 is 15.0 Å². The number of ether oxygens (including phenoxy) is 1. The lowest BCUT2D eigenvalue weighted by molar-refractivity contribution is 0.397. The lowest BCUT2D eigenvalue weighted by atomic mass is 10.1. The Morgan fingerprint density at radius 1 is 1.31 bits per heavy atom. The van der Waals surface area contributed by atoms with E-state index >= 15 is 0 Å². The van der Waals surface area contributed by atoms with Crippen LogP contribution in [-0.4, -0.2) is 32.6 Å². The highest BCUT2D eigenvalue weighted by atomic mass is 16.5. The Hall–Kier alpha value is -1.06. The molecule has 0 saturated carbocycles. The maximum absolute atomic E-state index is 5.35. The fourth-order valence-corrected chi connectivity index (χ4v) is 1.69. The van der Waals surface area contributed by atoms with Gasteiger partial charge in [0.15, 0.2) is 0 Å². The summed E-state index contributed by atoms with van der Waals surface area (Å²) in [7, 11) is 5.87. The number of methoxy groups -OCH3 is 1. The number of hydrogen-bond acceptors (Lipinski definition) is 3. The molecule has 0 aromatic heterocycles. The van der Waals surface area contributed by atoms with Crippen molar-refractivity contribution in [3.05, 3.63) is 29.3 Å². The average molecular weight is 222 g/mol. The SMILES string of the molecule is CCNCc1cc(CN(C)C)ccc1OC. The van der Waals surface area contributed by atoms with Crippen molar-refractivity contribution in [1.29, 1.82) is 0 Å². The van der Waals surface area contributed by atoms with Gasteiger partial charge in [0, 0.05) is 18.7 Å². The van der Waals surface area contributed by atoms with Crippen LogP contribution in [0.15, 0.2) is 18.2 Å². The highest BCUT2D eigenvalue weighted by Gasteiger charge is 2.04. The van der Waals surface area contributed by atoms with E-state index in [0.29, 0.717) is 0 Å². The largest absolute Gasteiger partial charge is 0.496 e. The topological polar surface area (TPSA) is 24.5 Å². The quantitative estimate of drug-likeness (QED) is 0.795. The van der Waals surface area contributed by atoms with Gasteiger partial charge in [-0.1, -0.05) is 13.0 Å². The van der Waals surface area contributed by atoms with Crippen molar-refractivity contribution >= 4 is 0 Å². The molecule has 3 nitrogen and oxygen atoms in total. The second-order valence-corrected chi connectivity index (χ2v) is 4.16. The molecule has 3 heteroatoms. The zero-order chi connectivity index (χ0) is 12.0. The van der Waals surface area contributed by atoms with Gasteiger partial charge in [-0.15, -0.1) is 0 Å². The highest BCUT2D eigenvalue weighted by Crippen LogP contribution is 2.20. The van der Waals surface area contributed by atoms with Gasteiger partial charge in [0.25, 0.3) is 0 Å². The lowest BCUT2D eigenvalue weighted by Gasteiger charge is -2.14. The molecule has 1 N–H and O–H groups in total. The van der Waals surface area contributed by atoms with Crippen LogP contribution in [0.3, 0.4) is 0 Å². The van der Waals surface area contributed by atoms with Gasteiger partial charge in [-0.25, -0.2) is 0 Å². The molecule has 0 heterocycles. The van der Waals surface area contributed by atoms with E-state index in [4.69, 9.17) is 4.74 Å². The van der Waals surface area contributed by atoms with Crippen LogP contribution in [0.5, 0.6) is 5.75 Å². The molecule has 90 valence electrons. The molecule has 1 rings (SSSR count). The van der Waals surface area contributed by atoms with Crippen molar-refractivity contribution in [3.63, 3.8) is 0 Å². The predicted octanol–water partition coefficient (Wildman–Crippen LogP) is 1.87. The molecule has 0 fully saturated rings. The van der Waals surface area contributed by atoms with Crippen molar-refractivity contribution < 1.29 is 4.74 Å². The summed E-state index contributed by atoms with van der Waals surface area (Å²) in [5.41, 5.74) is 2.54. The molecule has 0 unspecified atom stereocenters. The minimum absolute atomic E-state index is 0.862. The van der Waals surface area contributed by atoms with Crippen LogP contribution in [0.25, 0.3) is 0 Å². The first-order valence-corrected chi connectivity index (χ1v) is 5.68. The van der Waals surface area contributed by atoms with Crippen LogP contribution in [0, 0.1) is 0 Å². The summed E-state index contributed by atoms with van der Waals surface area (Å²) < 4.78 is 5.35. The molecule has 0 spiro atoms. The highest BCUT2D eigenvalue weighted by molar-refractivity contribution is 5.37. The predicted molar refractivity (Wildman–Crippen MR) is 67.8 cm³/mol. The summed E-state index contributed by atoms with van der Waals surface area (Å²) in [6.45, 7) is 4.90. The summed E-state index contributed by atoms with van der Waals surface area (Å²) >= 11 is 0. The number of nitrogens with zero attached hydrogens (tertiary/aromatic N) is 1. The van der Waals surface area contributed by atoms with E-state index in [1.807, 2.05) is 6.07 Å². The maximum atomic E-state index is 5.35. The van der Waals surface area contributed by atoms with Crippen LogP contribution < -0.4 is 10.1 Å². The Bertz CT molecular complexity index is 324. The molecular weight excluding hydrogens is 200 g/mol. The van der Waals surface area contributed by atoms with Crippen molar-refractivity contribution in [1.82, 2.24) is 10.2 Å². The van der Waals surface area contributed by atoms with Crippen LogP contribution in [-0.2, 0) is 13.1 Å². The van der Waals surface area contributed by atoms with Gasteiger partial charge in [-0.2, -0.15) is 0 Å². The summed E-state index contributed by atoms with van der Waals surface area (Å²) in [6.07, 6.45) is 0. The van der Waals surface area contributed by atoms with Gasteiger partial charge in [-0.05, 0) is 38.3 Å². The van der Waals surface area contributed by atoms with Crippen molar-refractivity contribution in [2.75, 3.05) is 27.7 Å². The Kier molecular flexibility index (Phi) is 5.29. The van der Waals surface area contributed by atoms with E-state index in [0.717, 1.165) is 25.4 Å². The Morgan fingerprint density at radius 2 is 2.06 bits per heavy atom. The zero-order valence-corrected chi connectivity index (χ0v) is 10.7. The van der Waals surface area contributed by atoms with Crippen LogP contribution in [0.2, 0.25) is 0 Å². The van der Waals surface area contributed by atoms with Gasteiger partial charge in [0.2, 0.25) is 0 Å². The van der Waals surface area contributed by atoms with Crippen molar-refractivity contribution in [3.8, 4) is 5.75 Å². The minimum Gasteiger partial charge on any atom is -0.496 e. The molecule has 0 atom stereocenters. The minimum atomic E-state index is 0.862. The normalized spacial score (nSPS) is 10.8. The fraction of sp³-hybridized carbons (Fsp3) is 0.538. The molecule has 0 aliphatic carbocycles. The number of benzene rings is 1. The first kappa shape index (κ1) is 13.0. The number of hydrogen-bond donors (Lipinski definition) is 1. The zero-order valence-electron chi connectivity index (χ0n) is 10.7. The van der Waals surface area contributed by atoms with E-state index in [-0.39, 0.29) is 0 Å². The summed E-state index contributed by atoms with van der Waals surface area (Å²) in [5.74, 6) is 0.962. The maximum Gasteiger partial charge on any atom is 0.123 e. The molecule has 0 aliphatic heterocycles. The smallest absolute Gasteiger partial charge is 0.123 e. The van der Waals surface area contributed by atoms with Crippen molar-refractivity contribution in [2.45, 2.75) is 20.0 Å². The van der Waals surface area contributed by atoms with Crippen LogP contribution in [0.1, 0.15) is 18.1 Å². The first-order chi connectivity index (χ1) is 7.67. The second kappa shape index (κ2) is 6.51. The molecule has 0 radical (unpaired) electrons. The van der Waals surface area contributed by atoms with Crippen LogP contribution >= 0.6 is 0 Å². The number of rotatable bonds is 6. The molecule has 0 aliphatic rings. The molecule has 0 saturated heterocycles. The third kappa shape index (κ3) is 3.83.